The number of urea groups is 1. The molecule has 2 atom stereocenters. The Labute approximate surface area is 194 Å². The van der Waals surface area contributed by atoms with Crippen LogP contribution in [0.4, 0.5) is 4.79 Å². The number of nitrogens with zero attached hydrogens (tertiary/aromatic N) is 4. The van der Waals surface area contributed by atoms with Crippen LogP contribution in [0.15, 0.2) is 60.7 Å². The van der Waals surface area contributed by atoms with Crippen LogP contribution in [0.2, 0.25) is 0 Å². The molecule has 2 aliphatic rings. The van der Waals surface area contributed by atoms with Gasteiger partial charge in [-0.25, -0.2) is 14.8 Å². The number of carbonyl (C=O) groups excluding carboxylic acids is 3. The molecule has 0 aromatic heterocycles. The maximum atomic E-state index is 13.5. The second kappa shape index (κ2) is 9.62. The second-order valence-electron chi connectivity index (χ2n) is 9.04. The van der Waals surface area contributed by atoms with E-state index in [4.69, 9.17) is 0 Å². The lowest BCUT2D eigenvalue weighted by Gasteiger charge is -2.54. The number of carbonyl (C=O) groups is 3. The highest BCUT2D eigenvalue weighted by molar-refractivity contribution is 5.92. The lowest BCUT2D eigenvalue weighted by Crippen LogP contribution is -2.74. The molecule has 0 unspecified atom stereocenters. The first-order valence-electron chi connectivity index (χ1n) is 11.3. The summed E-state index contributed by atoms with van der Waals surface area (Å²) in [6.45, 7) is 5.34. The van der Waals surface area contributed by atoms with E-state index in [9.17, 15) is 14.4 Å². The molecule has 0 spiro atoms. The van der Waals surface area contributed by atoms with Gasteiger partial charge in [-0.15, -0.1) is 0 Å². The zero-order valence-corrected chi connectivity index (χ0v) is 19.3. The molecule has 2 aliphatic heterocycles. The minimum absolute atomic E-state index is 0.0239. The molecule has 8 nitrogen and oxygen atoms in total. The van der Waals surface area contributed by atoms with Crippen LogP contribution in [0.1, 0.15) is 31.0 Å². The fourth-order valence-electron chi connectivity index (χ4n) is 4.61. The number of hydrazine groups is 1. The average Bonchev–Trinajstić information content (AvgIpc) is 2.79. The van der Waals surface area contributed by atoms with E-state index in [0.29, 0.717) is 13.1 Å². The van der Waals surface area contributed by atoms with Gasteiger partial charge in [-0.05, 0) is 17.0 Å². The monoisotopic (exact) mass is 449 g/mol. The number of amides is 4. The first kappa shape index (κ1) is 22.8. The van der Waals surface area contributed by atoms with Gasteiger partial charge in [-0.2, -0.15) is 0 Å². The fraction of sp³-hybridized carbons (Fsp3) is 0.400. The summed E-state index contributed by atoms with van der Waals surface area (Å²) in [5, 5.41) is 6.20. The molecule has 33 heavy (non-hydrogen) atoms. The topological polar surface area (TPSA) is 76.2 Å². The molecule has 1 N–H and O–H groups in total. The predicted octanol–water partition coefficient (Wildman–Crippen LogP) is 2.45. The third kappa shape index (κ3) is 4.71. The molecule has 2 aromatic rings. The molecule has 174 valence electrons. The molecule has 2 aromatic carbocycles. The van der Waals surface area contributed by atoms with Crippen LogP contribution < -0.4 is 5.32 Å². The second-order valence-corrected chi connectivity index (χ2v) is 9.04. The largest absolute Gasteiger partial charge is 0.336 e. The van der Waals surface area contributed by atoms with E-state index in [1.165, 1.54) is 0 Å². The molecular formula is C25H31N5O3. The lowest BCUT2D eigenvalue weighted by atomic mass is 9.98. The van der Waals surface area contributed by atoms with Crippen molar-refractivity contribution in [1.29, 1.82) is 0 Å². The van der Waals surface area contributed by atoms with Gasteiger partial charge in [0.05, 0.1) is 13.1 Å². The van der Waals surface area contributed by atoms with Gasteiger partial charge in [0.1, 0.15) is 12.2 Å². The Morgan fingerprint density at radius 2 is 1.67 bits per heavy atom. The highest BCUT2D eigenvalue weighted by Gasteiger charge is 2.51. The van der Waals surface area contributed by atoms with Gasteiger partial charge in [0, 0.05) is 20.1 Å². The van der Waals surface area contributed by atoms with Crippen LogP contribution in [0.25, 0.3) is 0 Å². The predicted molar refractivity (Wildman–Crippen MR) is 124 cm³/mol. The van der Waals surface area contributed by atoms with E-state index < -0.39 is 12.2 Å². The van der Waals surface area contributed by atoms with E-state index in [0.717, 1.165) is 11.1 Å². The minimum Gasteiger partial charge on any atom is -0.336 e. The van der Waals surface area contributed by atoms with Crippen LogP contribution in [0, 0.1) is 5.92 Å². The number of benzene rings is 2. The summed E-state index contributed by atoms with van der Waals surface area (Å²) in [4.78, 5) is 43.4. The third-order valence-electron chi connectivity index (χ3n) is 6.03. The summed E-state index contributed by atoms with van der Waals surface area (Å²) in [5.41, 5.74) is 1.74. The summed E-state index contributed by atoms with van der Waals surface area (Å²) < 4.78 is 0. The standard InChI is InChI=1S/C25H31N5O3/c1-18(2)15-28-16-21-29(23(24(28)32)20-12-8-5-9-13-20)22(31)17-27(3)30(21)25(33)26-14-19-10-6-4-7-11-19/h4-13,18,21,23H,14-17H2,1-3H3,(H,26,33)/t21-,23-/m0/s1. The Hall–Kier alpha value is -3.39. The molecule has 0 bridgehead atoms. The normalized spacial score (nSPS) is 21.4. The van der Waals surface area contributed by atoms with Crippen molar-refractivity contribution in [3.63, 3.8) is 0 Å². The Kier molecular flexibility index (Phi) is 6.65. The van der Waals surface area contributed by atoms with Gasteiger partial charge in [0.25, 0.3) is 0 Å². The Morgan fingerprint density at radius 3 is 2.30 bits per heavy atom. The maximum Gasteiger partial charge on any atom is 0.334 e. The molecule has 8 heteroatoms. The smallest absolute Gasteiger partial charge is 0.334 e. The quantitative estimate of drug-likeness (QED) is 0.761. The number of hydrogen-bond donors (Lipinski definition) is 1. The highest BCUT2D eigenvalue weighted by Crippen LogP contribution is 2.34. The Morgan fingerprint density at radius 1 is 1.03 bits per heavy atom. The Balaban J connectivity index is 1.66. The van der Waals surface area contributed by atoms with E-state index in [1.807, 2.05) is 60.7 Å². The van der Waals surface area contributed by atoms with Crippen molar-refractivity contribution in [3.05, 3.63) is 71.8 Å². The number of fused-ring (bicyclic) bond motifs is 1. The number of nitrogens with one attached hydrogen (secondary N) is 1. The summed E-state index contributed by atoms with van der Waals surface area (Å²) in [6, 6.07) is 18.0. The van der Waals surface area contributed by atoms with Gasteiger partial charge in [0.2, 0.25) is 11.8 Å². The van der Waals surface area contributed by atoms with Crippen molar-refractivity contribution in [3.8, 4) is 0 Å². The third-order valence-corrected chi connectivity index (χ3v) is 6.03. The number of hydrogen-bond acceptors (Lipinski definition) is 4. The molecule has 2 fully saturated rings. The Bertz CT molecular complexity index is 998. The van der Waals surface area contributed by atoms with Crippen molar-refractivity contribution in [2.45, 2.75) is 32.6 Å². The minimum atomic E-state index is -0.755. The summed E-state index contributed by atoms with van der Waals surface area (Å²) in [6.07, 6.45) is -0.589. The first-order valence-corrected chi connectivity index (χ1v) is 11.3. The van der Waals surface area contributed by atoms with Crippen LogP contribution in [0.5, 0.6) is 0 Å². The molecule has 4 rings (SSSR count). The zero-order valence-electron chi connectivity index (χ0n) is 19.3. The molecular weight excluding hydrogens is 418 g/mol. The van der Waals surface area contributed by atoms with Crippen molar-refractivity contribution >= 4 is 17.8 Å². The number of piperazine rings is 1. The first-order chi connectivity index (χ1) is 15.9. The van der Waals surface area contributed by atoms with Gasteiger partial charge < -0.3 is 15.1 Å². The van der Waals surface area contributed by atoms with Crippen LogP contribution in [-0.2, 0) is 16.1 Å². The van der Waals surface area contributed by atoms with Gasteiger partial charge in [-0.1, -0.05) is 74.5 Å². The van der Waals surface area contributed by atoms with Crippen LogP contribution in [0.3, 0.4) is 0 Å². The van der Waals surface area contributed by atoms with Crippen molar-refractivity contribution in [2.75, 3.05) is 26.7 Å². The van der Waals surface area contributed by atoms with E-state index >= 15 is 0 Å². The van der Waals surface area contributed by atoms with Gasteiger partial charge >= 0.3 is 6.03 Å². The summed E-state index contributed by atoms with van der Waals surface area (Å²) >= 11 is 0. The highest BCUT2D eigenvalue weighted by atomic mass is 16.2. The van der Waals surface area contributed by atoms with E-state index in [2.05, 4.69) is 19.2 Å². The van der Waals surface area contributed by atoms with Crippen LogP contribution >= 0.6 is 0 Å². The molecule has 4 amide bonds. The average molecular weight is 450 g/mol. The molecule has 2 saturated heterocycles. The molecule has 2 heterocycles. The van der Waals surface area contributed by atoms with Crippen molar-refractivity contribution < 1.29 is 14.4 Å². The molecule has 0 aliphatic carbocycles. The fourth-order valence-corrected chi connectivity index (χ4v) is 4.61. The molecule has 0 saturated carbocycles. The molecule has 0 radical (unpaired) electrons. The van der Waals surface area contributed by atoms with E-state index in [-0.39, 0.29) is 36.9 Å². The summed E-state index contributed by atoms with van der Waals surface area (Å²) in [5.74, 6) is -0.0102. The van der Waals surface area contributed by atoms with Gasteiger partial charge in [-0.3, -0.25) is 9.59 Å². The van der Waals surface area contributed by atoms with E-state index in [1.54, 1.807) is 26.9 Å². The zero-order chi connectivity index (χ0) is 23.5. The van der Waals surface area contributed by atoms with Gasteiger partial charge in [0.15, 0.2) is 0 Å². The lowest BCUT2D eigenvalue weighted by molar-refractivity contribution is -0.188. The SMILES string of the molecule is CC(C)CN1C[C@H]2N(C(=O)CN(C)N2C(=O)NCc2ccccc2)[C@@H](c2ccccc2)C1=O. The summed E-state index contributed by atoms with van der Waals surface area (Å²) in [7, 11) is 1.73. The maximum absolute atomic E-state index is 13.5. The van der Waals surface area contributed by atoms with Crippen molar-refractivity contribution in [1.82, 2.24) is 25.1 Å². The van der Waals surface area contributed by atoms with Crippen LogP contribution in [-0.4, -0.2) is 70.5 Å². The van der Waals surface area contributed by atoms with Crippen molar-refractivity contribution in [2.24, 2.45) is 5.92 Å². The number of likely N-dealkylation sites (N-methyl/N-ethyl adjacent to an activating group) is 1. The number of rotatable bonds is 5.